The fraction of sp³-hybridized carbons (Fsp3) is 0.393. The maximum absolute atomic E-state index is 13.1. The van der Waals surface area contributed by atoms with E-state index in [1.807, 2.05) is 31.2 Å². The summed E-state index contributed by atoms with van der Waals surface area (Å²) in [5.74, 6) is -0.0868. The third kappa shape index (κ3) is 5.03. The number of aliphatic hydroxyl groups is 2. The zero-order valence-corrected chi connectivity index (χ0v) is 23.5. The molecule has 6 nitrogen and oxygen atoms in total. The van der Waals surface area contributed by atoms with Crippen molar-refractivity contribution in [1.82, 2.24) is 15.6 Å². The van der Waals surface area contributed by atoms with Crippen LogP contribution in [-0.4, -0.2) is 43.6 Å². The largest absolute Gasteiger partial charge is 0.388 e. The van der Waals surface area contributed by atoms with Crippen LogP contribution in [0.5, 0.6) is 0 Å². The van der Waals surface area contributed by atoms with Gasteiger partial charge in [-0.05, 0) is 50.8 Å². The van der Waals surface area contributed by atoms with E-state index in [4.69, 9.17) is 11.6 Å². The van der Waals surface area contributed by atoms with E-state index >= 15 is 0 Å². The molecule has 5 atom stereocenters. The van der Waals surface area contributed by atoms with Gasteiger partial charge < -0.3 is 15.5 Å². The Bertz CT molecular complexity index is 1350. The lowest BCUT2D eigenvalue weighted by molar-refractivity contribution is -0.117. The van der Waals surface area contributed by atoms with Crippen LogP contribution in [0.3, 0.4) is 0 Å². The quantitative estimate of drug-likeness (QED) is 0.306. The normalized spacial score (nSPS) is 30.4. The summed E-state index contributed by atoms with van der Waals surface area (Å²) in [5.41, 5.74) is 3.34. The molecule has 0 fully saturated rings. The van der Waals surface area contributed by atoms with E-state index in [2.05, 4.69) is 40.9 Å². The zero-order chi connectivity index (χ0) is 26.3. The summed E-state index contributed by atoms with van der Waals surface area (Å²) in [6, 6.07) is 0. The van der Waals surface area contributed by atoms with E-state index in [1.54, 1.807) is 12.3 Å². The summed E-state index contributed by atoms with van der Waals surface area (Å²) in [5, 5.41) is 30.8. The molecule has 0 aromatic carbocycles. The number of nitrogens with one attached hydrogen (secondary N) is 2. The lowest BCUT2D eigenvalue weighted by atomic mass is 9.91. The van der Waals surface area contributed by atoms with Crippen LogP contribution in [0.15, 0.2) is 69.4 Å². The first-order chi connectivity index (χ1) is 17.7. The number of carbonyl (C=O) groups is 1. The number of aliphatic hydroxyl groups excluding tert-OH is 2. The Hall–Kier alpha value is -2.07. The van der Waals surface area contributed by atoms with E-state index in [9.17, 15) is 15.0 Å². The van der Waals surface area contributed by atoms with Crippen LogP contribution in [0.2, 0.25) is 0 Å². The van der Waals surface area contributed by atoms with Crippen LogP contribution in [0, 0.1) is 5.92 Å². The molecular weight excluding hydrogens is 526 g/mol. The van der Waals surface area contributed by atoms with Crippen molar-refractivity contribution >= 4 is 50.3 Å². The summed E-state index contributed by atoms with van der Waals surface area (Å²) in [4.78, 5) is 19.9. The van der Waals surface area contributed by atoms with Crippen LogP contribution in [0.4, 0.5) is 0 Å². The first kappa shape index (κ1) is 26.5. The minimum absolute atomic E-state index is 0.0312. The number of fused-ring (bicyclic) bond motifs is 1. The second-order valence-electron chi connectivity index (χ2n) is 9.89. The average molecular weight is 558 g/mol. The number of allylic oxidation sites excluding steroid dienone is 7. The van der Waals surface area contributed by atoms with Gasteiger partial charge in [0.2, 0.25) is 0 Å². The number of hydrogen-bond acceptors (Lipinski definition) is 6. The van der Waals surface area contributed by atoms with Gasteiger partial charge in [-0.25, -0.2) is 4.98 Å². The number of amides is 1. The van der Waals surface area contributed by atoms with Crippen molar-refractivity contribution in [2.45, 2.75) is 63.7 Å². The van der Waals surface area contributed by atoms with Crippen molar-refractivity contribution in [3.63, 3.8) is 0 Å². The number of hydrogen-bond donors (Lipinski definition) is 4. The fourth-order valence-electron chi connectivity index (χ4n) is 5.26. The SMILES string of the molecule is C/C=S1/C2=C(C=C(C(O)NCc3cnc(C4=CC(C)C(O)C=C4Cl)s3)CC2)NC(=O)C2=CC=CCC21C. The highest BCUT2D eigenvalue weighted by Gasteiger charge is 2.41. The average Bonchev–Trinajstić information content (AvgIpc) is 3.31. The van der Waals surface area contributed by atoms with Crippen LogP contribution in [-0.2, 0) is 11.3 Å². The van der Waals surface area contributed by atoms with Gasteiger partial charge in [0, 0.05) is 49.4 Å². The van der Waals surface area contributed by atoms with Gasteiger partial charge in [-0.15, -0.1) is 21.8 Å². The van der Waals surface area contributed by atoms with Gasteiger partial charge in [0.25, 0.3) is 5.91 Å². The van der Waals surface area contributed by atoms with Gasteiger partial charge >= 0.3 is 0 Å². The molecule has 5 rings (SSSR count). The molecule has 0 saturated heterocycles. The molecule has 4 aliphatic rings. The predicted molar refractivity (Wildman–Crippen MR) is 154 cm³/mol. The Kier molecular flexibility index (Phi) is 7.60. The molecule has 37 heavy (non-hydrogen) atoms. The maximum atomic E-state index is 13.1. The van der Waals surface area contributed by atoms with E-state index in [0.717, 1.165) is 51.6 Å². The highest BCUT2D eigenvalue weighted by atomic mass is 35.5. The molecule has 3 aliphatic carbocycles. The smallest absolute Gasteiger partial charge is 0.253 e. The third-order valence-electron chi connectivity index (χ3n) is 7.37. The minimum Gasteiger partial charge on any atom is -0.388 e. The Morgan fingerprint density at radius 2 is 2.22 bits per heavy atom. The van der Waals surface area contributed by atoms with Gasteiger partial charge in [0.05, 0.1) is 11.8 Å². The molecule has 4 N–H and O–H groups in total. The lowest BCUT2D eigenvalue weighted by Crippen LogP contribution is -2.34. The van der Waals surface area contributed by atoms with E-state index in [1.165, 1.54) is 16.2 Å². The number of thiazole rings is 1. The van der Waals surface area contributed by atoms with E-state index in [-0.39, 0.29) is 27.1 Å². The molecule has 0 spiro atoms. The van der Waals surface area contributed by atoms with Crippen molar-refractivity contribution in [1.29, 1.82) is 0 Å². The van der Waals surface area contributed by atoms with Crippen molar-refractivity contribution in [3.8, 4) is 0 Å². The van der Waals surface area contributed by atoms with Gasteiger partial charge in [0.15, 0.2) is 0 Å². The molecule has 1 aromatic heterocycles. The summed E-state index contributed by atoms with van der Waals surface area (Å²) >= 11 is 7.87. The monoisotopic (exact) mass is 557 g/mol. The van der Waals surface area contributed by atoms with Gasteiger partial charge in [-0.1, -0.05) is 48.2 Å². The van der Waals surface area contributed by atoms with Crippen LogP contribution < -0.4 is 10.6 Å². The zero-order valence-electron chi connectivity index (χ0n) is 21.1. The van der Waals surface area contributed by atoms with Crippen molar-refractivity contribution < 1.29 is 15.0 Å². The predicted octanol–water partition coefficient (Wildman–Crippen LogP) is 4.87. The van der Waals surface area contributed by atoms with Gasteiger partial charge in [-0.2, -0.15) is 0 Å². The Balaban J connectivity index is 1.31. The third-order valence-corrected chi connectivity index (χ3v) is 11.5. The van der Waals surface area contributed by atoms with Crippen molar-refractivity contribution in [3.05, 3.63) is 79.3 Å². The summed E-state index contributed by atoms with van der Waals surface area (Å²) in [7, 11) is -0.195. The molecule has 196 valence electrons. The van der Waals surface area contributed by atoms with E-state index in [0.29, 0.717) is 11.6 Å². The number of aromatic nitrogens is 1. The molecule has 1 aliphatic heterocycles. The van der Waals surface area contributed by atoms with Crippen LogP contribution in [0.1, 0.15) is 49.9 Å². The first-order valence-corrected chi connectivity index (χ1v) is 15.0. The molecule has 2 heterocycles. The maximum Gasteiger partial charge on any atom is 0.253 e. The number of nitrogens with zero attached hydrogens (tertiary/aromatic N) is 1. The van der Waals surface area contributed by atoms with Gasteiger partial charge in [0.1, 0.15) is 11.2 Å². The van der Waals surface area contributed by atoms with Crippen LogP contribution in [0.25, 0.3) is 5.57 Å². The minimum atomic E-state index is -0.835. The summed E-state index contributed by atoms with van der Waals surface area (Å²) in [6.45, 7) is 6.66. The number of rotatable bonds is 5. The summed E-state index contributed by atoms with van der Waals surface area (Å²) < 4.78 is -0.238. The van der Waals surface area contributed by atoms with Crippen molar-refractivity contribution in [2.75, 3.05) is 0 Å². The number of carbonyl (C=O) groups excluding carboxylic acids is 1. The molecule has 0 radical (unpaired) electrons. The Labute approximate surface area is 229 Å². The van der Waals surface area contributed by atoms with Gasteiger partial charge in [-0.3, -0.25) is 10.1 Å². The lowest BCUT2D eigenvalue weighted by Gasteiger charge is -2.36. The van der Waals surface area contributed by atoms with E-state index < -0.39 is 12.3 Å². The molecule has 5 unspecified atom stereocenters. The standard InChI is InChI=1S/C28H32ClN3O3S2/c1-4-37-24-9-8-17(12-22(24)32-26(35)20-7-5-6-10-28(20,37)3)25(34)30-14-18-15-31-27(36-18)19-11-16(2)23(33)13-21(19)29/h4-7,11-13,15-16,23,25,30,33-34H,8-10,14H2,1-3H3,(H,32,35). The summed E-state index contributed by atoms with van der Waals surface area (Å²) in [6.07, 6.45) is 14.3. The highest BCUT2D eigenvalue weighted by Crippen LogP contribution is 2.53. The molecule has 1 amide bonds. The Morgan fingerprint density at radius 1 is 1.41 bits per heavy atom. The number of halogens is 1. The molecule has 0 saturated carbocycles. The molecule has 0 bridgehead atoms. The Morgan fingerprint density at radius 3 is 3.00 bits per heavy atom. The molecule has 9 heteroatoms. The highest BCUT2D eigenvalue weighted by molar-refractivity contribution is 8.19. The van der Waals surface area contributed by atoms with Crippen LogP contribution >= 0.6 is 33.4 Å². The topological polar surface area (TPSA) is 94.5 Å². The van der Waals surface area contributed by atoms with Crippen molar-refractivity contribution in [2.24, 2.45) is 5.92 Å². The molecular formula is C28H32ClN3O3S2. The second kappa shape index (κ2) is 10.6. The fourth-order valence-corrected chi connectivity index (χ4v) is 9.19. The first-order valence-electron chi connectivity index (χ1n) is 12.5. The molecule has 1 aromatic rings. The second-order valence-corrected chi connectivity index (χ2v) is 14.0.